The minimum Gasteiger partial charge on any atom is -0.370 e. The van der Waals surface area contributed by atoms with Crippen molar-refractivity contribution in [2.24, 2.45) is 11.8 Å². The van der Waals surface area contributed by atoms with Gasteiger partial charge in [0.05, 0.1) is 0 Å². The van der Waals surface area contributed by atoms with Crippen molar-refractivity contribution in [3.05, 3.63) is 60.2 Å². The molecule has 3 aromatic rings. The van der Waals surface area contributed by atoms with E-state index in [1.165, 1.54) is 25.7 Å². The molecule has 5 rings (SSSR count). The number of anilines is 2. The Bertz CT molecular complexity index is 937. The van der Waals surface area contributed by atoms with E-state index in [4.69, 9.17) is 0 Å². The van der Waals surface area contributed by atoms with E-state index in [9.17, 15) is 4.39 Å². The number of pyridine rings is 2. The number of aryl methyl sites for hydroxylation is 1. The van der Waals surface area contributed by atoms with Gasteiger partial charge in [0.25, 0.3) is 0 Å². The molecule has 2 N–H and O–H groups in total. The van der Waals surface area contributed by atoms with Crippen molar-refractivity contribution < 1.29 is 4.39 Å². The Labute approximate surface area is 177 Å². The molecule has 0 spiro atoms. The van der Waals surface area contributed by atoms with Gasteiger partial charge in [-0.05, 0) is 92.0 Å². The summed E-state index contributed by atoms with van der Waals surface area (Å²) in [5.74, 6) is 3.07. The molecule has 2 fully saturated rings. The van der Waals surface area contributed by atoms with Crippen LogP contribution in [0.4, 0.5) is 16.0 Å². The summed E-state index contributed by atoms with van der Waals surface area (Å²) >= 11 is 0. The molecular formula is C25H27FN4. The lowest BCUT2D eigenvalue weighted by molar-refractivity contribution is 0.631. The largest absolute Gasteiger partial charge is 0.370 e. The summed E-state index contributed by atoms with van der Waals surface area (Å²) in [6.45, 7) is 3.96. The SMILES string of the molecule is Cc1cc(-c2ccc(NCC3CC3)nc2)c(F)cc1-c1ccc(NCC2CC2)nc1. The zero-order chi connectivity index (χ0) is 20.5. The summed E-state index contributed by atoms with van der Waals surface area (Å²) in [4.78, 5) is 8.95. The van der Waals surface area contributed by atoms with Gasteiger partial charge in [-0.25, -0.2) is 14.4 Å². The average Bonchev–Trinajstić information content (AvgIpc) is 3.68. The predicted molar refractivity (Wildman–Crippen MR) is 120 cm³/mol. The normalized spacial score (nSPS) is 15.8. The summed E-state index contributed by atoms with van der Waals surface area (Å²) < 4.78 is 15.0. The van der Waals surface area contributed by atoms with Crippen LogP contribution in [0.15, 0.2) is 48.8 Å². The molecule has 0 radical (unpaired) electrons. The van der Waals surface area contributed by atoms with E-state index in [1.807, 2.05) is 43.5 Å². The van der Waals surface area contributed by atoms with E-state index in [2.05, 4.69) is 20.6 Å². The fourth-order valence-electron chi connectivity index (χ4n) is 3.67. The fourth-order valence-corrected chi connectivity index (χ4v) is 3.67. The minimum absolute atomic E-state index is 0.243. The average molecular weight is 403 g/mol. The van der Waals surface area contributed by atoms with Gasteiger partial charge >= 0.3 is 0 Å². The Balaban J connectivity index is 1.32. The van der Waals surface area contributed by atoms with Gasteiger partial charge in [0.2, 0.25) is 0 Å². The topological polar surface area (TPSA) is 49.8 Å². The Morgan fingerprint density at radius 3 is 1.80 bits per heavy atom. The van der Waals surface area contributed by atoms with Crippen LogP contribution in [0.1, 0.15) is 31.2 Å². The van der Waals surface area contributed by atoms with Gasteiger partial charge in [-0.3, -0.25) is 0 Å². The van der Waals surface area contributed by atoms with Crippen molar-refractivity contribution >= 4 is 11.6 Å². The molecule has 2 saturated carbocycles. The zero-order valence-electron chi connectivity index (χ0n) is 17.3. The number of hydrogen-bond donors (Lipinski definition) is 2. The summed E-state index contributed by atoms with van der Waals surface area (Å²) in [5, 5.41) is 6.72. The van der Waals surface area contributed by atoms with Crippen LogP contribution in [-0.4, -0.2) is 23.1 Å². The first-order valence-corrected chi connectivity index (χ1v) is 10.9. The highest BCUT2D eigenvalue weighted by Gasteiger charge is 2.21. The summed E-state index contributed by atoms with van der Waals surface area (Å²) in [7, 11) is 0. The molecule has 154 valence electrons. The van der Waals surface area contributed by atoms with Crippen LogP contribution in [0.3, 0.4) is 0 Å². The molecule has 0 bridgehead atoms. The molecule has 2 aliphatic rings. The van der Waals surface area contributed by atoms with E-state index in [0.717, 1.165) is 58.8 Å². The monoisotopic (exact) mass is 402 g/mol. The maximum atomic E-state index is 15.0. The number of aromatic nitrogens is 2. The number of benzene rings is 1. The van der Waals surface area contributed by atoms with Crippen LogP contribution >= 0.6 is 0 Å². The first-order chi connectivity index (χ1) is 14.7. The first-order valence-electron chi connectivity index (χ1n) is 10.9. The van der Waals surface area contributed by atoms with Crippen LogP contribution in [0.5, 0.6) is 0 Å². The lowest BCUT2D eigenvalue weighted by Crippen LogP contribution is -2.04. The molecule has 5 heteroatoms. The minimum atomic E-state index is -0.243. The van der Waals surface area contributed by atoms with E-state index >= 15 is 0 Å². The highest BCUT2D eigenvalue weighted by molar-refractivity contribution is 5.74. The van der Waals surface area contributed by atoms with Gasteiger partial charge < -0.3 is 10.6 Å². The smallest absolute Gasteiger partial charge is 0.131 e. The quantitative estimate of drug-likeness (QED) is 0.492. The fraction of sp³-hybridized carbons (Fsp3) is 0.360. The molecule has 0 aliphatic heterocycles. The lowest BCUT2D eigenvalue weighted by Gasteiger charge is -2.12. The van der Waals surface area contributed by atoms with Crippen molar-refractivity contribution in [1.29, 1.82) is 0 Å². The van der Waals surface area contributed by atoms with Crippen molar-refractivity contribution in [2.75, 3.05) is 23.7 Å². The van der Waals surface area contributed by atoms with Gasteiger partial charge in [0.15, 0.2) is 0 Å². The molecular weight excluding hydrogens is 375 g/mol. The van der Waals surface area contributed by atoms with E-state index < -0.39 is 0 Å². The molecule has 2 aromatic heterocycles. The second-order valence-electron chi connectivity index (χ2n) is 8.66. The highest BCUT2D eigenvalue weighted by Crippen LogP contribution is 2.33. The third-order valence-electron chi connectivity index (χ3n) is 6.00. The Morgan fingerprint density at radius 2 is 1.33 bits per heavy atom. The van der Waals surface area contributed by atoms with Gasteiger partial charge in [0, 0.05) is 42.2 Å². The molecule has 0 unspecified atom stereocenters. The van der Waals surface area contributed by atoms with Crippen molar-refractivity contribution in [1.82, 2.24) is 9.97 Å². The predicted octanol–water partition coefficient (Wildman–Crippen LogP) is 5.90. The lowest BCUT2D eigenvalue weighted by atomic mass is 9.96. The summed E-state index contributed by atoms with van der Waals surface area (Å²) in [5.41, 5.74) is 4.17. The van der Waals surface area contributed by atoms with Crippen molar-refractivity contribution in [2.45, 2.75) is 32.6 Å². The number of nitrogens with zero attached hydrogens (tertiary/aromatic N) is 2. The number of hydrogen-bond acceptors (Lipinski definition) is 4. The maximum absolute atomic E-state index is 15.0. The van der Waals surface area contributed by atoms with Crippen LogP contribution in [0, 0.1) is 24.6 Å². The zero-order valence-corrected chi connectivity index (χ0v) is 17.3. The summed E-state index contributed by atoms with van der Waals surface area (Å²) in [6.07, 6.45) is 8.79. The van der Waals surface area contributed by atoms with E-state index in [1.54, 1.807) is 12.3 Å². The Morgan fingerprint density at radius 1 is 0.800 bits per heavy atom. The van der Waals surface area contributed by atoms with Gasteiger partial charge in [-0.2, -0.15) is 0 Å². The second kappa shape index (κ2) is 8.05. The third kappa shape index (κ3) is 4.45. The van der Waals surface area contributed by atoms with Crippen LogP contribution < -0.4 is 10.6 Å². The third-order valence-corrected chi connectivity index (χ3v) is 6.00. The van der Waals surface area contributed by atoms with Crippen LogP contribution in [-0.2, 0) is 0 Å². The molecule has 0 atom stereocenters. The van der Waals surface area contributed by atoms with Crippen LogP contribution in [0.25, 0.3) is 22.3 Å². The number of rotatable bonds is 8. The standard InChI is InChI=1S/C25H27FN4/c1-16-10-22(20-7-9-25(30-15-20)28-13-18-4-5-18)23(26)11-21(16)19-6-8-24(29-14-19)27-12-17-2-3-17/h6-11,14-15,17-18H,2-5,12-13H2,1H3,(H,27,29)(H,28,30). The molecule has 0 amide bonds. The maximum Gasteiger partial charge on any atom is 0.131 e. The summed E-state index contributed by atoms with van der Waals surface area (Å²) in [6, 6.07) is 11.3. The van der Waals surface area contributed by atoms with Crippen LogP contribution in [0.2, 0.25) is 0 Å². The van der Waals surface area contributed by atoms with Gasteiger partial charge in [0.1, 0.15) is 17.5 Å². The van der Waals surface area contributed by atoms with E-state index in [-0.39, 0.29) is 5.82 Å². The number of halogens is 1. The molecule has 0 saturated heterocycles. The molecule has 30 heavy (non-hydrogen) atoms. The van der Waals surface area contributed by atoms with Gasteiger partial charge in [-0.15, -0.1) is 0 Å². The molecule has 2 heterocycles. The Kier molecular flexibility index (Phi) is 5.11. The van der Waals surface area contributed by atoms with Crippen molar-refractivity contribution in [3.63, 3.8) is 0 Å². The highest BCUT2D eigenvalue weighted by atomic mass is 19.1. The van der Waals surface area contributed by atoms with Crippen molar-refractivity contribution in [3.8, 4) is 22.3 Å². The number of nitrogens with one attached hydrogen (secondary N) is 2. The molecule has 4 nitrogen and oxygen atoms in total. The first kappa shape index (κ1) is 19.0. The molecule has 2 aliphatic carbocycles. The molecule has 1 aromatic carbocycles. The van der Waals surface area contributed by atoms with Gasteiger partial charge in [-0.1, -0.05) is 0 Å². The van der Waals surface area contributed by atoms with E-state index in [0.29, 0.717) is 5.56 Å². The second-order valence-corrected chi connectivity index (χ2v) is 8.66. The Hall–Kier alpha value is -2.95.